The fourth-order valence-electron chi connectivity index (χ4n) is 4.13. The number of nitrogens with one attached hydrogen (secondary N) is 2. The van der Waals surface area contributed by atoms with Gasteiger partial charge in [-0.25, -0.2) is 18.7 Å². The Morgan fingerprint density at radius 1 is 1.09 bits per heavy atom. The number of hydrogen-bond donors (Lipinski definition) is 2. The lowest BCUT2D eigenvalue weighted by Gasteiger charge is -2.27. The minimum atomic E-state index is -0.964. The van der Waals surface area contributed by atoms with Crippen LogP contribution in [0.3, 0.4) is 0 Å². The van der Waals surface area contributed by atoms with Crippen molar-refractivity contribution in [2.24, 2.45) is 0 Å². The largest absolute Gasteiger partial charge is 0.378 e. The Morgan fingerprint density at radius 2 is 1.97 bits per heavy atom. The van der Waals surface area contributed by atoms with Gasteiger partial charge in [-0.05, 0) is 40.9 Å². The molecule has 1 aliphatic rings. The van der Waals surface area contributed by atoms with Crippen LogP contribution < -0.4 is 10.2 Å². The van der Waals surface area contributed by atoms with E-state index in [9.17, 15) is 8.78 Å². The SMILES string of the molecule is Fc1ccc2[nH]c(CNc3nc(N4CCOCC4)nc4c3ncn4CCc3ccsc3)nc2c1F. The first kappa shape index (κ1) is 21.9. The highest BCUT2D eigenvalue weighted by molar-refractivity contribution is 7.07. The number of aromatic nitrogens is 6. The highest BCUT2D eigenvalue weighted by Gasteiger charge is 2.20. The first-order valence-electron chi connectivity index (χ1n) is 11.3. The van der Waals surface area contributed by atoms with Gasteiger partial charge in [0.2, 0.25) is 5.95 Å². The molecular formula is C23H22F2N8OS. The molecule has 1 aliphatic heterocycles. The van der Waals surface area contributed by atoms with Gasteiger partial charge in [-0.2, -0.15) is 21.3 Å². The summed E-state index contributed by atoms with van der Waals surface area (Å²) in [7, 11) is 0. The van der Waals surface area contributed by atoms with Crippen molar-refractivity contribution in [1.29, 1.82) is 0 Å². The number of anilines is 2. The van der Waals surface area contributed by atoms with Gasteiger partial charge in [0.25, 0.3) is 0 Å². The van der Waals surface area contributed by atoms with Crippen molar-refractivity contribution in [3.05, 3.63) is 58.3 Å². The van der Waals surface area contributed by atoms with Crippen molar-refractivity contribution in [1.82, 2.24) is 29.5 Å². The number of rotatable bonds is 7. The molecule has 1 aromatic carbocycles. The van der Waals surface area contributed by atoms with Crippen molar-refractivity contribution in [3.63, 3.8) is 0 Å². The van der Waals surface area contributed by atoms with Gasteiger partial charge in [0.15, 0.2) is 28.6 Å². The summed E-state index contributed by atoms with van der Waals surface area (Å²) in [6.07, 6.45) is 2.65. The Bertz CT molecular complexity index is 1480. The van der Waals surface area contributed by atoms with Gasteiger partial charge in [0.05, 0.1) is 31.6 Å². The van der Waals surface area contributed by atoms with Gasteiger partial charge in [-0.1, -0.05) is 0 Å². The van der Waals surface area contributed by atoms with Crippen LogP contribution in [0.2, 0.25) is 0 Å². The average molecular weight is 497 g/mol. The van der Waals surface area contributed by atoms with Crippen molar-refractivity contribution in [3.8, 4) is 0 Å². The molecule has 9 nitrogen and oxygen atoms in total. The minimum Gasteiger partial charge on any atom is -0.378 e. The van der Waals surface area contributed by atoms with E-state index in [1.807, 2.05) is 4.57 Å². The topological polar surface area (TPSA) is 96.8 Å². The van der Waals surface area contributed by atoms with Crippen molar-refractivity contribution in [2.75, 3.05) is 36.5 Å². The molecule has 0 radical (unpaired) electrons. The monoisotopic (exact) mass is 496 g/mol. The number of aromatic amines is 1. The Morgan fingerprint density at radius 3 is 2.80 bits per heavy atom. The minimum absolute atomic E-state index is 0.0265. The first-order valence-corrected chi connectivity index (χ1v) is 12.2. The molecule has 0 unspecified atom stereocenters. The average Bonchev–Trinajstić information content (AvgIpc) is 3.64. The zero-order valence-electron chi connectivity index (χ0n) is 18.7. The van der Waals surface area contributed by atoms with Gasteiger partial charge < -0.3 is 24.5 Å². The van der Waals surface area contributed by atoms with E-state index in [4.69, 9.17) is 14.7 Å². The maximum absolute atomic E-state index is 14.1. The molecular weight excluding hydrogens is 474 g/mol. The predicted molar refractivity (Wildman–Crippen MR) is 130 cm³/mol. The number of ether oxygens (including phenoxy) is 1. The molecule has 35 heavy (non-hydrogen) atoms. The Kier molecular flexibility index (Phi) is 5.74. The van der Waals surface area contributed by atoms with E-state index in [-0.39, 0.29) is 12.1 Å². The number of fused-ring (bicyclic) bond motifs is 2. The molecule has 2 N–H and O–H groups in total. The fourth-order valence-corrected chi connectivity index (χ4v) is 4.83. The van der Waals surface area contributed by atoms with Gasteiger partial charge in [0, 0.05) is 19.6 Å². The van der Waals surface area contributed by atoms with Gasteiger partial charge in [0.1, 0.15) is 11.3 Å². The van der Waals surface area contributed by atoms with Crippen molar-refractivity contribution >= 4 is 45.3 Å². The van der Waals surface area contributed by atoms with Crippen LogP contribution in [0.5, 0.6) is 0 Å². The zero-order chi connectivity index (χ0) is 23.8. The summed E-state index contributed by atoms with van der Waals surface area (Å²) < 4.78 is 35.2. The molecule has 0 bridgehead atoms. The van der Waals surface area contributed by atoms with E-state index in [0.717, 1.165) is 24.7 Å². The van der Waals surface area contributed by atoms with Crippen LogP contribution in [-0.4, -0.2) is 55.8 Å². The van der Waals surface area contributed by atoms with Crippen LogP contribution in [0.15, 0.2) is 35.3 Å². The van der Waals surface area contributed by atoms with E-state index >= 15 is 0 Å². The molecule has 0 atom stereocenters. The second-order valence-corrected chi connectivity index (χ2v) is 9.04. The van der Waals surface area contributed by atoms with E-state index < -0.39 is 11.6 Å². The second kappa shape index (κ2) is 9.19. The fraction of sp³-hybridized carbons (Fsp3) is 0.304. The van der Waals surface area contributed by atoms with Crippen LogP contribution >= 0.6 is 11.3 Å². The number of halogens is 2. The van der Waals surface area contributed by atoms with Gasteiger partial charge in [-0.15, -0.1) is 0 Å². The first-order chi connectivity index (χ1) is 17.2. The van der Waals surface area contributed by atoms with E-state index in [2.05, 4.69) is 42.0 Å². The third kappa shape index (κ3) is 4.30. The van der Waals surface area contributed by atoms with Crippen LogP contribution in [0.25, 0.3) is 22.2 Å². The molecule has 0 amide bonds. The van der Waals surface area contributed by atoms with Crippen LogP contribution in [0, 0.1) is 11.6 Å². The Hall–Kier alpha value is -3.64. The highest BCUT2D eigenvalue weighted by atomic mass is 32.1. The molecule has 180 valence electrons. The molecule has 1 fully saturated rings. The number of aryl methyl sites for hydroxylation is 2. The Balaban J connectivity index is 1.32. The smallest absolute Gasteiger partial charge is 0.229 e. The van der Waals surface area contributed by atoms with E-state index in [0.29, 0.717) is 54.9 Å². The lowest BCUT2D eigenvalue weighted by molar-refractivity contribution is 0.122. The molecule has 0 aliphatic carbocycles. The molecule has 4 aromatic heterocycles. The number of benzene rings is 1. The second-order valence-electron chi connectivity index (χ2n) is 8.26. The van der Waals surface area contributed by atoms with Crippen LogP contribution in [0.4, 0.5) is 20.5 Å². The third-order valence-corrected chi connectivity index (χ3v) is 6.72. The van der Waals surface area contributed by atoms with E-state index in [1.165, 1.54) is 11.6 Å². The summed E-state index contributed by atoms with van der Waals surface area (Å²) in [5.74, 6) is -0.283. The highest BCUT2D eigenvalue weighted by Crippen LogP contribution is 2.25. The van der Waals surface area contributed by atoms with Crippen molar-refractivity contribution in [2.45, 2.75) is 19.5 Å². The summed E-state index contributed by atoms with van der Waals surface area (Å²) in [4.78, 5) is 23.5. The number of nitrogens with zero attached hydrogens (tertiary/aromatic N) is 6. The normalized spacial score (nSPS) is 14.3. The number of imidazole rings is 2. The molecule has 5 aromatic rings. The molecule has 12 heteroatoms. The Labute approximate surface area is 202 Å². The molecule has 1 saturated heterocycles. The summed E-state index contributed by atoms with van der Waals surface area (Å²) in [5, 5.41) is 7.48. The third-order valence-electron chi connectivity index (χ3n) is 5.99. The number of thiophene rings is 1. The van der Waals surface area contributed by atoms with Gasteiger partial charge in [-0.3, -0.25) is 0 Å². The molecule has 6 rings (SSSR count). The standard InChI is InChI=1S/C23H22F2N8OS/c24-15-1-2-16-19(18(15)25)29-17(28-16)11-26-21-20-22(31-23(30-21)32-6-8-34-9-7-32)33(13-27-20)5-3-14-4-10-35-12-14/h1-2,4,10,12-13H,3,5-9,11H2,(H,28,29)(H,26,30,31). The molecule has 0 saturated carbocycles. The predicted octanol–water partition coefficient (Wildman–Crippen LogP) is 3.73. The lowest BCUT2D eigenvalue weighted by atomic mass is 10.2. The summed E-state index contributed by atoms with van der Waals surface area (Å²) in [6, 6.07) is 4.67. The van der Waals surface area contributed by atoms with Crippen LogP contribution in [0.1, 0.15) is 11.4 Å². The quantitative estimate of drug-likeness (QED) is 0.354. The maximum Gasteiger partial charge on any atom is 0.229 e. The number of hydrogen-bond acceptors (Lipinski definition) is 8. The van der Waals surface area contributed by atoms with E-state index in [1.54, 1.807) is 17.7 Å². The van der Waals surface area contributed by atoms with Crippen molar-refractivity contribution < 1.29 is 13.5 Å². The summed E-state index contributed by atoms with van der Waals surface area (Å²) >= 11 is 1.68. The van der Waals surface area contributed by atoms with Gasteiger partial charge >= 0.3 is 0 Å². The maximum atomic E-state index is 14.1. The van der Waals surface area contributed by atoms with Crippen LogP contribution in [-0.2, 0) is 24.2 Å². The number of morpholine rings is 1. The summed E-state index contributed by atoms with van der Waals surface area (Å²) in [6.45, 7) is 3.59. The summed E-state index contributed by atoms with van der Waals surface area (Å²) in [5.41, 5.74) is 3.05. The lowest BCUT2D eigenvalue weighted by Crippen LogP contribution is -2.37. The number of H-pyrrole nitrogens is 1. The molecule has 5 heterocycles. The zero-order valence-corrected chi connectivity index (χ0v) is 19.5. The molecule has 0 spiro atoms.